The molecule has 1 aromatic heterocycles. The molecule has 112 valence electrons. The highest BCUT2D eigenvalue weighted by Gasteiger charge is 2.42. The minimum Gasteiger partial charge on any atom is -0.344 e. The van der Waals surface area contributed by atoms with Gasteiger partial charge in [0.05, 0.1) is 13.2 Å². The first-order chi connectivity index (χ1) is 9.99. The van der Waals surface area contributed by atoms with Crippen molar-refractivity contribution in [2.45, 2.75) is 26.2 Å². The molecule has 2 aromatic rings. The maximum atomic E-state index is 6.15. The van der Waals surface area contributed by atoms with Crippen molar-refractivity contribution in [1.82, 2.24) is 14.8 Å². The van der Waals surface area contributed by atoms with Crippen molar-refractivity contribution in [3.05, 3.63) is 47.0 Å². The SMILES string of the molecule is CC1(C)COC(Cn2cncn2)(c2ccc(Br)cc2)OC1. The average Bonchev–Trinajstić information content (AvgIpc) is 2.95. The monoisotopic (exact) mass is 351 g/mol. The second-order valence-corrected chi connectivity index (χ2v) is 7.01. The van der Waals surface area contributed by atoms with Gasteiger partial charge in [0.15, 0.2) is 0 Å². The highest BCUT2D eigenvalue weighted by Crippen LogP contribution is 2.38. The normalized spacial score (nSPS) is 20.3. The van der Waals surface area contributed by atoms with Crippen molar-refractivity contribution >= 4 is 15.9 Å². The first kappa shape index (κ1) is 14.7. The van der Waals surface area contributed by atoms with E-state index in [0.29, 0.717) is 19.8 Å². The first-order valence-corrected chi connectivity index (χ1v) is 7.65. The Morgan fingerprint density at radius 1 is 1.19 bits per heavy atom. The summed E-state index contributed by atoms with van der Waals surface area (Å²) >= 11 is 3.46. The van der Waals surface area contributed by atoms with E-state index in [1.807, 2.05) is 24.3 Å². The van der Waals surface area contributed by atoms with Gasteiger partial charge in [0.25, 0.3) is 0 Å². The van der Waals surface area contributed by atoms with Gasteiger partial charge in [-0.3, -0.25) is 0 Å². The summed E-state index contributed by atoms with van der Waals surface area (Å²) in [5, 5.41) is 4.17. The Hall–Kier alpha value is -1.24. The molecule has 1 aromatic carbocycles. The molecule has 5 nitrogen and oxygen atoms in total. The van der Waals surface area contributed by atoms with E-state index in [0.717, 1.165) is 10.0 Å². The molecule has 0 spiro atoms. The van der Waals surface area contributed by atoms with Crippen LogP contribution in [0.1, 0.15) is 19.4 Å². The number of hydrogen-bond acceptors (Lipinski definition) is 4. The van der Waals surface area contributed by atoms with Crippen LogP contribution in [0.5, 0.6) is 0 Å². The quantitative estimate of drug-likeness (QED) is 0.852. The molecule has 21 heavy (non-hydrogen) atoms. The zero-order valence-electron chi connectivity index (χ0n) is 12.1. The van der Waals surface area contributed by atoms with Crippen LogP contribution in [0.25, 0.3) is 0 Å². The van der Waals surface area contributed by atoms with Crippen LogP contribution in [-0.4, -0.2) is 28.0 Å². The van der Waals surface area contributed by atoms with Crippen molar-refractivity contribution in [2.75, 3.05) is 13.2 Å². The summed E-state index contributed by atoms with van der Waals surface area (Å²) in [5.74, 6) is -0.816. The standard InChI is InChI=1S/C15H18BrN3O2/c1-14(2)8-20-15(21-9-14,7-19-11-17-10-18-19)12-3-5-13(16)6-4-12/h3-6,10-11H,7-9H2,1-2H3. The van der Waals surface area contributed by atoms with Crippen LogP contribution in [-0.2, 0) is 21.8 Å². The van der Waals surface area contributed by atoms with Gasteiger partial charge < -0.3 is 9.47 Å². The smallest absolute Gasteiger partial charge is 0.215 e. The maximum Gasteiger partial charge on any atom is 0.215 e. The van der Waals surface area contributed by atoms with Crippen LogP contribution in [0.15, 0.2) is 41.4 Å². The number of ether oxygens (including phenoxy) is 2. The number of benzene rings is 1. The fourth-order valence-electron chi connectivity index (χ4n) is 2.29. The summed E-state index contributed by atoms with van der Waals surface area (Å²) in [6.07, 6.45) is 3.19. The highest BCUT2D eigenvalue weighted by molar-refractivity contribution is 9.10. The van der Waals surface area contributed by atoms with E-state index in [1.54, 1.807) is 11.0 Å². The number of halogens is 1. The Labute approximate surface area is 132 Å². The van der Waals surface area contributed by atoms with Gasteiger partial charge in [0, 0.05) is 15.5 Å². The molecule has 1 aliphatic heterocycles. The van der Waals surface area contributed by atoms with E-state index in [2.05, 4.69) is 39.9 Å². The predicted molar refractivity (Wildman–Crippen MR) is 81.5 cm³/mol. The number of rotatable bonds is 3. The molecule has 1 saturated heterocycles. The van der Waals surface area contributed by atoms with Crippen molar-refractivity contribution in [1.29, 1.82) is 0 Å². The third-order valence-corrected chi connectivity index (χ3v) is 4.04. The minimum absolute atomic E-state index is 0.0151. The molecule has 3 rings (SSSR count). The molecule has 0 radical (unpaired) electrons. The number of hydrogen-bond donors (Lipinski definition) is 0. The van der Waals surface area contributed by atoms with Crippen LogP contribution in [0.4, 0.5) is 0 Å². The zero-order valence-corrected chi connectivity index (χ0v) is 13.7. The van der Waals surface area contributed by atoms with E-state index in [-0.39, 0.29) is 5.41 Å². The topological polar surface area (TPSA) is 49.2 Å². The average molecular weight is 352 g/mol. The molecule has 0 amide bonds. The Balaban J connectivity index is 1.93. The third kappa shape index (κ3) is 3.17. The summed E-state index contributed by atoms with van der Waals surface area (Å²) in [6.45, 7) is 6.02. The van der Waals surface area contributed by atoms with Crippen LogP contribution in [0.3, 0.4) is 0 Å². The lowest BCUT2D eigenvalue weighted by atomic mass is 9.93. The van der Waals surface area contributed by atoms with Gasteiger partial charge in [-0.25, -0.2) is 9.67 Å². The molecule has 0 aliphatic carbocycles. The summed E-state index contributed by atoms with van der Waals surface area (Å²) in [4.78, 5) is 3.99. The third-order valence-electron chi connectivity index (χ3n) is 3.51. The fourth-order valence-corrected chi connectivity index (χ4v) is 2.55. The molecule has 0 N–H and O–H groups in total. The Bertz CT molecular complexity index is 586. The molecule has 2 heterocycles. The predicted octanol–water partition coefficient (Wildman–Crippen LogP) is 2.97. The summed E-state index contributed by atoms with van der Waals surface area (Å²) in [5.41, 5.74) is 0.998. The number of aromatic nitrogens is 3. The Kier molecular flexibility index (Phi) is 3.86. The van der Waals surface area contributed by atoms with Crippen LogP contribution >= 0.6 is 15.9 Å². The van der Waals surface area contributed by atoms with Gasteiger partial charge in [-0.2, -0.15) is 5.10 Å². The van der Waals surface area contributed by atoms with Crippen molar-refractivity contribution in [2.24, 2.45) is 5.41 Å². The van der Waals surface area contributed by atoms with Gasteiger partial charge >= 0.3 is 0 Å². The first-order valence-electron chi connectivity index (χ1n) is 6.86. The lowest BCUT2D eigenvalue weighted by molar-refractivity contribution is -0.315. The van der Waals surface area contributed by atoms with E-state index in [4.69, 9.17) is 9.47 Å². The molecule has 0 saturated carbocycles. The van der Waals surface area contributed by atoms with Gasteiger partial charge in [-0.15, -0.1) is 0 Å². The second kappa shape index (κ2) is 5.51. The highest BCUT2D eigenvalue weighted by atomic mass is 79.9. The van der Waals surface area contributed by atoms with Crippen molar-refractivity contribution in [3.8, 4) is 0 Å². The summed E-state index contributed by atoms with van der Waals surface area (Å²) < 4.78 is 15.1. The van der Waals surface area contributed by atoms with E-state index in [9.17, 15) is 0 Å². The lowest BCUT2D eigenvalue weighted by Gasteiger charge is -2.43. The van der Waals surface area contributed by atoms with Crippen LogP contribution in [0.2, 0.25) is 0 Å². The molecule has 0 atom stereocenters. The molecule has 1 aliphatic rings. The van der Waals surface area contributed by atoms with Crippen LogP contribution < -0.4 is 0 Å². The lowest BCUT2D eigenvalue weighted by Crippen LogP contribution is -2.48. The van der Waals surface area contributed by atoms with E-state index < -0.39 is 5.79 Å². The van der Waals surface area contributed by atoms with E-state index in [1.165, 1.54) is 6.33 Å². The molecule has 6 heteroatoms. The van der Waals surface area contributed by atoms with Crippen molar-refractivity contribution < 1.29 is 9.47 Å². The van der Waals surface area contributed by atoms with Gasteiger partial charge in [-0.05, 0) is 12.1 Å². The van der Waals surface area contributed by atoms with Gasteiger partial charge in [-0.1, -0.05) is 41.9 Å². The Morgan fingerprint density at radius 3 is 2.43 bits per heavy atom. The van der Waals surface area contributed by atoms with Gasteiger partial charge in [0.2, 0.25) is 5.79 Å². The summed E-state index contributed by atoms with van der Waals surface area (Å²) in [6, 6.07) is 8.01. The molecule has 1 fully saturated rings. The van der Waals surface area contributed by atoms with Gasteiger partial charge in [0.1, 0.15) is 19.2 Å². The molecule has 0 bridgehead atoms. The molecular formula is C15H18BrN3O2. The minimum atomic E-state index is -0.816. The summed E-state index contributed by atoms with van der Waals surface area (Å²) in [7, 11) is 0. The molecular weight excluding hydrogens is 334 g/mol. The second-order valence-electron chi connectivity index (χ2n) is 6.09. The van der Waals surface area contributed by atoms with E-state index >= 15 is 0 Å². The zero-order chi connectivity index (χ0) is 14.9. The van der Waals surface area contributed by atoms with Crippen LogP contribution in [0, 0.1) is 5.41 Å². The fraction of sp³-hybridized carbons (Fsp3) is 0.467. The Morgan fingerprint density at radius 2 is 1.86 bits per heavy atom. The molecule has 0 unspecified atom stereocenters. The largest absolute Gasteiger partial charge is 0.344 e. The van der Waals surface area contributed by atoms with Crippen molar-refractivity contribution in [3.63, 3.8) is 0 Å². The maximum absolute atomic E-state index is 6.15. The number of nitrogens with zero attached hydrogens (tertiary/aromatic N) is 3.